The van der Waals surface area contributed by atoms with E-state index in [4.69, 9.17) is 9.47 Å². The van der Waals surface area contributed by atoms with Gasteiger partial charge in [0.25, 0.3) is 0 Å². The fraction of sp³-hybridized carbons (Fsp3) is 0.350. The molecule has 0 spiro atoms. The van der Waals surface area contributed by atoms with Crippen LogP contribution in [0.3, 0.4) is 0 Å². The largest absolute Gasteiger partial charge is 0.493 e. The van der Waals surface area contributed by atoms with Crippen LogP contribution in [0.15, 0.2) is 42.5 Å². The number of anilines is 2. The van der Waals surface area contributed by atoms with Gasteiger partial charge < -0.3 is 14.8 Å². The molecule has 152 valence electrons. The van der Waals surface area contributed by atoms with Crippen molar-refractivity contribution in [3.05, 3.63) is 48.0 Å². The monoisotopic (exact) mass is 406 g/mol. The summed E-state index contributed by atoms with van der Waals surface area (Å²) >= 11 is 0. The van der Waals surface area contributed by atoms with Gasteiger partial charge >= 0.3 is 0 Å². The van der Waals surface area contributed by atoms with Gasteiger partial charge in [0.15, 0.2) is 11.5 Å². The minimum absolute atomic E-state index is 0.306. The number of amides is 1. The average Bonchev–Trinajstić information content (AvgIpc) is 2.64. The van der Waals surface area contributed by atoms with Gasteiger partial charge in [-0.1, -0.05) is 19.1 Å². The molecule has 0 saturated heterocycles. The molecule has 2 aromatic carbocycles. The summed E-state index contributed by atoms with van der Waals surface area (Å²) in [7, 11) is -0.655. The second-order valence-electron chi connectivity index (χ2n) is 6.38. The quantitative estimate of drug-likeness (QED) is 0.728. The Morgan fingerprint density at radius 2 is 1.79 bits per heavy atom. The molecule has 0 fully saturated rings. The maximum atomic E-state index is 13.0. The molecule has 2 aromatic rings. The molecule has 1 N–H and O–H groups in total. The van der Waals surface area contributed by atoms with E-state index >= 15 is 0 Å². The number of carbonyl (C=O) groups is 1. The fourth-order valence-electron chi connectivity index (χ4n) is 2.96. The summed E-state index contributed by atoms with van der Waals surface area (Å²) in [4.78, 5) is 13.0. The van der Waals surface area contributed by atoms with Gasteiger partial charge in [-0.3, -0.25) is 9.10 Å². The van der Waals surface area contributed by atoms with Gasteiger partial charge in [-0.15, -0.1) is 0 Å². The molecule has 2 rings (SSSR count). The van der Waals surface area contributed by atoms with Crippen molar-refractivity contribution in [3.8, 4) is 11.5 Å². The van der Waals surface area contributed by atoms with E-state index in [1.54, 1.807) is 43.3 Å². The summed E-state index contributed by atoms with van der Waals surface area (Å²) in [6, 6.07) is 11.1. The lowest BCUT2D eigenvalue weighted by Gasteiger charge is -2.30. The summed E-state index contributed by atoms with van der Waals surface area (Å²) in [5.74, 6) is 0.568. The van der Waals surface area contributed by atoms with Crippen LogP contribution in [0.5, 0.6) is 11.5 Å². The van der Waals surface area contributed by atoms with E-state index in [0.717, 1.165) is 16.1 Å². The molecule has 0 radical (unpaired) electrons. The van der Waals surface area contributed by atoms with Gasteiger partial charge in [-0.05, 0) is 43.2 Å². The molecule has 7 nitrogen and oxygen atoms in total. The number of nitrogens with zero attached hydrogens (tertiary/aromatic N) is 1. The Morgan fingerprint density at radius 3 is 2.32 bits per heavy atom. The number of aryl methyl sites for hydroxylation is 1. The molecule has 1 amide bonds. The Kier molecular flexibility index (Phi) is 6.90. The van der Waals surface area contributed by atoms with Crippen LogP contribution in [0, 0.1) is 6.92 Å². The lowest BCUT2D eigenvalue weighted by molar-refractivity contribution is -0.117. The first-order valence-electron chi connectivity index (χ1n) is 8.80. The third-order valence-electron chi connectivity index (χ3n) is 4.24. The van der Waals surface area contributed by atoms with Crippen molar-refractivity contribution < 1.29 is 22.7 Å². The maximum absolute atomic E-state index is 13.0. The van der Waals surface area contributed by atoms with Crippen LogP contribution in [0.4, 0.5) is 11.4 Å². The van der Waals surface area contributed by atoms with E-state index in [1.165, 1.54) is 14.2 Å². The highest BCUT2D eigenvalue weighted by atomic mass is 32.2. The number of ether oxygens (including phenoxy) is 2. The fourth-order valence-corrected chi connectivity index (χ4v) is 4.17. The van der Waals surface area contributed by atoms with Crippen molar-refractivity contribution in [3.63, 3.8) is 0 Å². The van der Waals surface area contributed by atoms with Gasteiger partial charge in [-0.25, -0.2) is 8.42 Å². The first-order chi connectivity index (χ1) is 13.2. The molecule has 0 aliphatic rings. The van der Waals surface area contributed by atoms with Crippen LogP contribution < -0.4 is 19.1 Å². The second kappa shape index (κ2) is 8.97. The highest BCUT2D eigenvalue weighted by molar-refractivity contribution is 7.92. The number of hydrogen-bond acceptors (Lipinski definition) is 5. The first-order valence-corrected chi connectivity index (χ1v) is 10.6. The zero-order valence-electron chi connectivity index (χ0n) is 16.7. The van der Waals surface area contributed by atoms with Gasteiger partial charge in [0.05, 0.1) is 26.2 Å². The predicted octanol–water partition coefficient (Wildman–Crippen LogP) is 3.20. The SMILES string of the molecule is CC[C@@H](C(=O)Nc1ccc(OC)c(OC)c1)N(c1cccc(C)c1)S(C)(=O)=O. The Morgan fingerprint density at radius 1 is 1.11 bits per heavy atom. The minimum atomic E-state index is -3.68. The molecular formula is C20H26N2O5S. The van der Waals surface area contributed by atoms with Crippen molar-refractivity contribution in [1.82, 2.24) is 0 Å². The van der Waals surface area contributed by atoms with Crippen molar-refractivity contribution >= 4 is 27.3 Å². The number of benzene rings is 2. The van der Waals surface area contributed by atoms with E-state index in [2.05, 4.69) is 5.32 Å². The third-order valence-corrected chi connectivity index (χ3v) is 5.42. The van der Waals surface area contributed by atoms with Crippen LogP contribution in [-0.4, -0.2) is 40.8 Å². The van der Waals surface area contributed by atoms with Gasteiger partial charge in [0.1, 0.15) is 6.04 Å². The van der Waals surface area contributed by atoms with E-state index in [0.29, 0.717) is 29.3 Å². The normalized spacial score (nSPS) is 12.2. The number of rotatable bonds is 8. The molecule has 0 unspecified atom stereocenters. The smallest absolute Gasteiger partial charge is 0.248 e. The summed E-state index contributed by atoms with van der Waals surface area (Å²) in [5.41, 5.74) is 1.84. The summed E-state index contributed by atoms with van der Waals surface area (Å²) in [6.45, 7) is 3.64. The van der Waals surface area contributed by atoms with Gasteiger partial charge in [0, 0.05) is 11.8 Å². The molecule has 0 bridgehead atoms. The van der Waals surface area contributed by atoms with E-state index in [9.17, 15) is 13.2 Å². The van der Waals surface area contributed by atoms with E-state index in [-0.39, 0.29) is 0 Å². The van der Waals surface area contributed by atoms with Crippen molar-refractivity contribution in [2.24, 2.45) is 0 Å². The Bertz CT molecular complexity index is 943. The lowest BCUT2D eigenvalue weighted by Crippen LogP contribution is -2.47. The van der Waals surface area contributed by atoms with E-state index in [1.807, 2.05) is 13.0 Å². The highest BCUT2D eigenvalue weighted by Crippen LogP contribution is 2.30. The van der Waals surface area contributed by atoms with E-state index < -0.39 is 22.0 Å². The third kappa shape index (κ3) is 4.95. The molecule has 8 heteroatoms. The molecule has 0 heterocycles. The lowest BCUT2D eigenvalue weighted by atomic mass is 10.1. The Hall–Kier alpha value is -2.74. The topological polar surface area (TPSA) is 84.9 Å². The number of carbonyl (C=O) groups excluding carboxylic acids is 1. The number of hydrogen-bond donors (Lipinski definition) is 1. The number of nitrogens with one attached hydrogen (secondary N) is 1. The summed E-state index contributed by atoms with van der Waals surface area (Å²) < 4.78 is 36.6. The van der Waals surface area contributed by atoms with Crippen LogP contribution in [-0.2, 0) is 14.8 Å². The van der Waals surface area contributed by atoms with Gasteiger partial charge in [0.2, 0.25) is 15.9 Å². The zero-order chi connectivity index (χ0) is 20.9. The maximum Gasteiger partial charge on any atom is 0.248 e. The summed E-state index contributed by atoms with van der Waals surface area (Å²) in [6.07, 6.45) is 1.40. The van der Waals surface area contributed by atoms with Crippen molar-refractivity contribution in [2.75, 3.05) is 30.1 Å². The second-order valence-corrected chi connectivity index (χ2v) is 8.24. The molecule has 0 aromatic heterocycles. The van der Waals surface area contributed by atoms with Crippen LogP contribution >= 0.6 is 0 Å². The van der Waals surface area contributed by atoms with Gasteiger partial charge in [-0.2, -0.15) is 0 Å². The van der Waals surface area contributed by atoms with Crippen molar-refractivity contribution in [2.45, 2.75) is 26.3 Å². The highest BCUT2D eigenvalue weighted by Gasteiger charge is 2.31. The predicted molar refractivity (Wildman–Crippen MR) is 111 cm³/mol. The average molecular weight is 407 g/mol. The Balaban J connectivity index is 2.37. The minimum Gasteiger partial charge on any atom is -0.493 e. The standard InChI is InChI=1S/C20H26N2O5S/c1-6-17(22(28(5,24)25)16-9-7-8-14(2)12-16)20(23)21-15-10-11-18(26-3)19(13-15)27-4/h7-13,17H,6H2,1-5H3,(H,21,23)/t17-/m0/s1. The van der Waals surface area contributed by atoms with Crippen LogP contribution in [0.1, 0.15) is 18.9 Å². The van der Waals surface area contributed by atoms with Crippen molar-refractivity contribution in [1.29, 1.82) is 0 Å². The molecule has 28 heavy (non-hydrogen) atoms. The zero-order valence-corrected chi connectivity index (χ0v) is 17.5. The Labute approximate surface area is 166 Å². The molecule has 1 atom stereocenters. The number of sulfonamides is 1. The number of methoxy groups -OCH3 is 2. The molecular weight excluding hydrogens is 380 g/mol. The molecule has 0 aliphatic carbocycles. The summed E-state index contributed by atoms with van der Waals surface area (Å²) in [5, 5.41) is 2.78. The van der Waals surface area contributed by atoms with Crippen LogP contribution in [0.2, 0.25) is 0 Å². The first kappa shape index (κ1) is 21.6. The molecule has 0 aliphatic heterocycles. The van der Waals surface area contributed by atoms with Crippen LogP contribution in [0.25, 0.3) is 0 Å². The molecule has 0 saturated carbocycles.